The SMILES string of the molecule is CCC(O)(/C=C/c1ccc(C(CC)(CC)c2ccc(-c3cncc(CCOOC)c3)cc2)cc1C)CC. The van der Waals surface area contributed by atoms with Gasteiger partial charge in [-0.2, -0.15) is 0 Å². The van der Waals surface area contributed by atoms with Gasteiger partial charge in [-0.25, -0.2) is 9.78 Å². The van der Waals surface area contributed by atoms with Crippen molar-refractivity contribution in [3.8, 4) is 11.1 Å². The van der Waals surface area contributed by atoms with Gasteiger partial charge in [-0.1, -0.05) is 82.3 Å². The van der Waals surface area contributed by atoms with Crippen molar-refractivity contribution in [2.24, 2.45) is 0 Å². The van der Waals surface area contributed by atoms with Gasteiger partial charge in [0.15, 0.2) is 0 Å². The van der Waals surface area contributed by atoms with Crippen LogP contribution in [0.1, 0.15) is 81.2 Å². The van der Waals surface area contributed by atoms with E-state index in [-0.39, 0.29) is 5.41 Å². The van der Waals surface area contributed by atoms with Crippen LogP contribution in [0.5, 0.6) is 0 Å². The fourth-order valence-corrected chi connectivity index (χ4v) is 5.13. The third-order valence-corrected chi connectivity index (χ3v) is 7.98. The predicted molar refractivity (Wildman–Crippen MR) is 153 cm³/mol. The number of aliphatic hydroxyl groups is 1. The van der Waals surface area contributed by atoms with Gasteiger partial charge in [0.05, 0.1) is 19.3 Å². The molecule has 0 saturated carbocycles. The topological polar surface area (TPSA) is 51.6 Å². The van der Waals surface area contributed by atoms with Gasteiger partial charge in [-0.05, 0) is 72.1 Å². The molecule has 3 rings (SSSR count). The highest BCUT2D eigenvalue weighted by molar-refractivity contribution is 5.64. The van der Waals surface area contributed by atoms with Crippen molar-refractivity contribution in [1.29, 1.82) is 0 Å². The number of benzene rings is 2. The summed E-state index contributed by atoms with van der Waals surface area (Å²) >= 11 is 0. The Labute approximate surface area is 223 Å². The zero-order chi connectivity index (χ0) is 26.9. The number of pyridine rings is 1. The minimum absolute atomic E-state index is 0.0588. The fraction of sp³-hybridized carbons (Fsp3) is 0.424. The van der Waals surface area contributed by atoms with E-state index in [9.17, 15) is 5.11 Å². The third-order valence-electron chi connectivity index (χ3n) is 7.98. The molecule has 0 saturated heterocycles. The van der Waals surface area contributed by atoms with Crippen LogP contribution in [0.3, 0.4) is 0 Å². The summed E-state index contributed by atoms with van der Waals surface area (Å²) < 4.78 is 0. The molecule has 0 atom stereocenters. The van der Waals surface area contributed by atoms with Gasteiger partial charge >= 0.3 is 0 Å². The van der Waals surface area contributed by atoms with Gasteiger partial charge in [0, 0.05) is 29.8 Å². The molecule has 198 valence electrons. The molecule has 0 bridgehead atoms. The molecular formula is C33H43NO3. The summed E-state index contributed by atoms with van der Waals surface area (Å²) in [5.74, 6) is 0. The minimum atomic E-state index is -0.740. The van der Waals surface area contributed by atoms with E-state index in [1.165, 1.54) is 23.8 Å². The van der Waals surface area contributed by atoms with Gasteiger partial charge in [0.2, 0.25) is 0 Å². The number of nitrogens with zero attached hydrogens (tertiary/aromatic N) is 1. The second kappa shape index (κ2) is 13.1. The largest absolute Gasteiger partial charge is 0.386 e. The van der Waals surface area contributed by atoms with Crippen molar-refractivity contribution in [3.05, 3.63) is 94.8 Å². The van der Waals surface area contributed by atoms with Crippen molar-refractivity contribution in [3.63, 3.8) is 0 Å². The molecular weight excluding hydrogens is 458 g/mol. The van der Waals surface area contributed by atoms with Crippen LogP contribution in [0.15, 0.2) is 67.0 Å². The number of hydrogen-bond donors (Lipinski definition) is 1. The van der Waals surface area contributed by atoms with Crippen molar-refractivity contribution in [2.75, 3.05) is 13.7 Å². The summed E-state index contributed by atoms with van der Waals surface area (Å²) in [6.45, 7) is 11.3. The summed E-state index contributed by atoms with van der Waals surface area (Å²) in [6, 6.07) is 17.9. The summed E-state index contributed by atoms with van der Waals surface area (Å²) in [6.07, 6.45) is 12.0. The van der Waals surface area contributed by atoms with Crippen molar-refractivity contribution < 1.29 is 14.9 Å². The first-order valence-electron chi connectivity index (χ1n) is 13.6. The predicted octanol–water partition coefficient (Wildman–Crippen LogP) is 7.85. The third kappa shape index (κ3) is 6.75. The first-order chi connectivity index (χ1) is 17.8. The lowest BCUT2D eigenvalue weighted by Crippen LogP contribution is -2.26. The highest BCUT2D eigenvalue weighted by Crippen LogP contribution is 2.40. The van der Waals surface area contributed by atoms with Gasteiger partial charge in [0.25, 0.3) is 0 Å². The molecule has 0 spiro atoms. The lowest BCUT2D eigenvalue weighted by molar-refractivity contribution is -0.271. The number of aromatic nitrogens is 1. The van der Waals surface area contributed by atoms with E-state index in [1.54, 1.807) is 0 Å². The molecule has 0 aliphatic heterocycles. The summed E-state index contributed by atoms with van der Waals surface area (Å²) in [5.41, 5.74) is 7.63. The molecule has 0 radical (unpaired) electrons. The van der Waals surface area contributed by atoms with E-state index in [0.29, 0.717) is 19.4 Å². The van der Waals surface area contributed by atoms with Crippen LogP contribution in [0, 0.1) is 6.92 Å². The first-order valence-corrected chi connectivity index (χ1v) is 13.6. The number of hydrogen-bond acceptors (Lipinski definition) is 4. The maximum Gasteiger partial charge on any atom is 0.0863 e. The Morgan fingerprint density at radius 3 is 2.11 bits per heavy atom. The van der Waals surface area contributed by atoms with Crippen LogP contribution < -0.4 is 0 Å². The monoisotopic (exact) mass is 501 g/mol. The molecule has 0 aliphatic carbocycles. The second-order valence-electron chi connectivity index (χ2n) is 9.90. The van der Waals surface area contributed by atoms with Crippen molar-refractivity contribution in [2.45, 2.75) is 77.7 Å². The second-order valence-corrected chi connectivity index (χ2v) is 9.90. The molecule has 0 fully saturated rings. The zero-order valence-corrected chi connectivity index (χ0v) is 23.4. The van der Waals surface area contributed by atoms with Crippen LogP contribution >= 0.6 is 0 Å². The lowest BCUT2D eigenvalue weighted by atomic mass is 9.70. The highest BCUT2D eigenvalue weighted by atomic mass is 17.2. The van der Waals surface area contributed by atoms with Crippen LogP contribution in [0.4, 0.5) is 0 Å². The Bertz CT molecular complexity index is 1160. The molecule has 1 N–H and O–H groups in total. The molecule has 1 aromatic heterocycles. The van der Waals surface area contributed by atoms with Gasteiger partial charge in [-0.15, -0.1) is 0 Å². The van der Waals surface area contributed by atoms with Gasteiger partial charge < -0.3 is 5.11 Å². The first kappa shape index (κ1) is 28.8. The van der Waals surface area contributed by atoms with Crippen LogP contribution in [-0.4, -0.2) is 29.4 Å². The number of rotatable bonds is 13. The van der Waals surface area contributed by atoms with Crippen LogP contribution in [0.25, 0.3) is 17.2 Å². The molecule has 0 aliphatic rings. The maximum absolute atomic E-state index is 10.7. The molecule has 1 heterocycles. The van der Waals surface area contributed by atoms with Gasteiger partial charge in [0.1, 0.15) is 0 Å². The Morgan fingerprint density at radius 2 is 1.51 bits per heavy atom. The van der Waals surface area contributed by atoms with E-state index in [2.05, 4.69) is 80.4 Å². The minimum Gasteiger partial charge on any atom is -0.386 e. The van der Waals surface area contributed by atoms with E-state index >= 15 is 0 Å². The Hall–Kier alpha value is -2.79. The fourth-order valence-electron chi connectivity index (χ4n) is 5.13. The Balaban J connectivity index is 1.89. The van der Waals surface area contributed by atoms with Crippen molar-refractivity contribution in [1.82, 2.24) is 4.98 Å². The maximum atomic E-state index is 10.7. The molecule has 3 aromatic rings. The molecule has 4 nitrogen and oxygen atoms in total. The van der Waals surface area contributed by atoms with E-state index < -0.39 is 5.60 Å². The molecule has 0 unspecified atom stereocenters. The highest BCUT2D eigenvalue weighted by Gasteiger charge is 2.31. The molecule has 2 aromatic carbocycles. The zero-order valence-electron chi connectivity index (χ0n) is 23.4. The van der Waals surface area contributed by atoms with E-state index in [1.807, 2.05) is 32.3 Å². The average Bonchev–Trinajstić information content (AvgIpc) is 2.94. The van der Waals surface area contributed by atoms with E-state index in [4.69, 9.17) is 9.78 Å². The normalized spacial score (nSPS) is 12.4. The molecule has 37 heavy (non-hydrogen) atoms. The molecule has 4 heteroatoms. The quantitative estimate of drug-likeness (QED) is 0.147. The summed E-state index contributed by atoms with van der Waals surface area (Å²) in [4.78, 5) is 14.1. The van der Waals surface area contributed by atoms with Gasteiger partial charge in [-0.3, -0.25) is 4.98 Å². The Kier molecular flexibility index (Phi) is 10.2. The molecule has 0 amide bonds. The van der Waals surface area contributed by atoms with E-state index in [0.717, 1.165) is 41.5 Å². The van der Waals surface area contributed by atoms with Crippen molar-refractivity contribution >= 4 is 6.08 Å². The van der Waals surface area contributed by atoms with Crippen LogP contribution in [-0.2, 0) is 21.6 Å². The standard InChI is InChI=1S/C33H43NO3/c1-7-32(35,8-2)19-17-27-11-16-31(21-25(27)5)33(9-3,10-4)30-14-12-28(13-15-30)29-22-26(23-34-24-29)18-20-37-36-6/h11-17,19,21-24,35H,7-10,18,20H2,1-6H3/b19-17+. The smallest absolute Gasteiger partial charge is 0.0863 e. The van der Waals surface area contributed by atoms with Crippen LogP contribution in [0.2, 0.25) is 0 Å². The lowest BCUT2D eigenvalue weighted by Gasteiger charge is -2.34. The Morgan fingerprint density at radius 1 is 0.838 bits per heavy atom. The summed E-state index contributed by atoms with van der Waals surface area (Å²) in [7, 11) is 1.52. The average molecular weight is 502 g/mol. The summed E-state index contributed by atoms with van der Waals surface area (Å²) in [5, 5.41) is 10.7. The number of aryl methyl sites for hydroxylation is 1.